The first-order valence-electron chi connectivity index (χ1n) is 10.4. The van der Waals surface area contributed by atoms with E-state index in [0.29, 0.717) is 5.75 Å². The zero-order valence-corrected chi connectivity index (χ0v) is 19.9. The van der Waals surface area contributed by atoms with Crippen molar-refractivity contribution in [2.24, 2.45) is 0 Å². The van der Waals surface area contributed by atoms with Gasteiger partial charge in [0.2, 0.25) is 0 Å². The summed E-state index contributed by atoms with van der Waals surface area (Å²) < 4.78 is 18.2. The maximum absolute atomic E-state index is 12.3. The quantitative estimate of drug-likeness (QED) is 0.657. The first-order chi connectivity index (χ1) is 13.7. The summed E-state index contributed by atoms with van der Waals surface area (Å²) in [6, 6.07) is 11.8. The number of phenolic OH excluding ortho intramolecular Hbond substituents is 1. The van der Waals surface area contributed by atoms with Crippen molar-refractivity contribution in [1.29, 1.82) is 0 Å². The van der Waals surface area contributed by atoms with Gasteiger partial charge in [0.25, 0.3) is 0 Å². The fraction of sp³-hybridized carbons (Fsp3) is 0.480. The van der Waals surface area contributed by atoms with Crippen molar-refractivity contribution in [3.8, 4) is 11.5 Å². The Bertz CT molecular complexity index is 1030. The number of benzene rings is 2. The van der Waals surface area contributed by atoms with Gasteiger partial charge in [-0.2, -0.15) is 0 Å². The van der Waals surface area contributed by atoms with Gasteiger partial charge in [0.1, 0.15) is 5.60 Å². The normalized spacial score (nSPS) is 16.9. The number of aromatic hydroxyl groups is 1. The Hall–Kier alpha value is -1.98. The van der Waals surface area contributed by atoms with Gasteiger partial charge in [0, 0.05) is 29.8 Å². The second kappa shape index (κ2) is 7.93. The van der Waals surface area contributed by atoms with Crippen molar-refractivity contribution >= 4 is 15.4 Å². The standard InChI is InChI=1S/C25H35NO3S/c1-24(2,3)29-23-14-18(8-11-22(23)27)12-13-25(4,5)26-16-19-9-10-21(30(6,7)28)15-20(19)17-26/h8-11,14-15,27H,6,12-13,16-17H2,1-5,7H3. The van der Waals surface area contributed by atoms with Gasteiger partial charge in [0.05, 0.1) is 0 Å². The van der Waals surface area contributed by atoms with Crippen LogP contribution in [0.5, 0.6) is 11.5 Å². The molecule has 1 heterocycles. The monoisotopic (exact) mass is 429 g/mol. The van der Waals surface area contributed by atoms with E-state index in [0.717, 1.165) is 36.4 Å². The molecule has 4 nitrogen and oxygen atoms in total. The molecule has 0 saturated carbocycles. The number of hydrogen-bond donors (Lipinski definition) is 1. The highest BCUT2D eigenvalue weighted by Gasteiger charge is 2.32. The first-order valence-corrected chi connectivity index (χ1v) is 12.6. The molecule has 0 fully saturated rings. The van der Waals surface area contributed by atoms with E-state index in [2.05, 4.69) is 36.8 Å². The molecule has 1 aliphatic rings. The molecule has 1 unspecified atom stereocenters. The lowest BCUT2D eigenvalue weighted by molar-refractivity contribution is 0.109. The minimum absolute atomic E-state index is 0.000205. The van der Waals surface area contributed by atoms with E-state index >= 15 is 0 Å². The van der Waals surface area contributed by atoms with Crippen LogP contribution in [0.3, 0.4) is 0 Å². The molecule has 3 rings (SSSR count). The SMILES string of the molecule is C=S(C)(=O)c1ccc2c(c1)CN(C(C)(C)CCc1ccc(O)c(OC(C)(C)C)c1)C2. The maximum atomic E-state index is 12.3. The molecule has 1 aliphatic heterocycles. The van der Waals surface area contributed by atoms with Gasteiger partial charge in [0.15, 0.2) is 11.5 Å². The van der Waals surface area contributed by atoms with Crippen molar-refractivity contribution in [3.05, 3.63) is 53.1 Å². The Morgan fingerprint density at radius 2 is 1.73 bits per heavy atom. The van der Waals surface area contributed by atoms with Gasteiger partial charge in [-0.05, 0) is 104 Å². The van der Waals surface area contributed by atoms with Crippen molar-refractivity contribution < 1.29 is 14.1 Å². The highest BCUT2D eigenvalue weighted by atomic mass is 32.2. The summed E-state index contributed by atoms with van der Waals surface area (Å²) in [6.07, 6.45) is 3.57. The fourth-order valence-corrected chi connectivity index (χ4v) is 4.55. The summed E-state index contributed by atoms with van der Waals surface area (Å²) in [5.74, 6) is 4.53. The summed E-state index contributed by atoms with van der Waals surface area (Å²) in [6.45, 7) is 12.2. The predicted molar refractivity (Wildman–Crippen MR) is 126 cm³/mol. The molecule has 2 aromatic rings. The zero-order chi connectivity index (χ0) is 22.3. The molecule has 164 valence electrons. The van der Waals surface area contributed by atoms with Gasteiger partial charge < -0.3 is 9.84 Å². The minimum Gasteiger partial charge on any atom is -0.504 e. The molecular formula is C25H35NO3S. The predicted octanol–water partition coefficient (Wildman–Crippen LogP) is 5.00. The van der Waals surface area contributed by atoms with Crippen molar-refractivity contribution in [2.75, 3.05) is 6.26 Å². The number of hydrogen-bond acceptors (Lipinski definition) is 4. The average molecular weight is 430 g/mol. The van der Waals surface area contributed by atoms with Crippen molar-refractivity contribution in [1.82, 2.24) is 4.90 Å². The maximum Gasteiger partial charge on any atom is 0.161 e. The third-order valence-corrected chi connectivity index (χ3v) is 6.97. The van der Waals surface area contributed by atoms with E-state index in [1.54, 1.807) is 12.3 Å². The fourth-order valence-electron chi connectivity index (χ4n) is 3.80. The van der Waals surface area contributed by atoms with Crippen LogP contribution in [0, 0.1) is 0 Å². The Balaban J connectivity index is 1.69. The van der Waals surface area contributed by atoms with Crippen LogP contribution in [-0.2, 0) is 29.0 Å². The van der Waals surface area contributed by atoms with Crippen LogP contribution in [-0.4, -0.2) is 37.5 Å². The number of ether oxygens (including phenoxy) is 1. The second-order valence-electron chi connectivity index (χ2n) is 10.1. The summed E-state index contributed by atoms with van der Waals surface area (Å²) in [5, 5.41) is 10.1. The molecule has 0 radical (unpaired) electrons. The Labute approximate surface area is 181 Å². The van der Waals surface area contributed by atoms with Crippen LogP contribution >= 0.6 is 0 Å². The Morgan fingerprint density at radius 1 is 1.07 bits per heavy atom. The Morgan fingerprint density at radius 3 is 2.37 bits per heavy atom. The van der Waals surface area contributed by atoms with E-state index in [1.807, 2.05) is 39.0 Å². The van der Waals surface area contributed by atoms with E-state index in [1.165, 1.54) is 11.1 Å². The van der Waals surface area contributed by atoms with Crippen molar-refractivity contribution in [3.63, 3.8) is 0 Å². The molecule has 0 amide bonds. The van der Waals surface area contributed by atoms with Gasteiger partial charge in [-0.3, -0.25) is 9.11 Å². The van der Waals surface area contributed by atoms with E-state index in [4.69, 9.17) is 4.74 Å². The van der Waals surface area contributed by atoms with Crippen LogP contribution in [0.25, 0.3) is 0 Å². The number of nitrogens with zero attached hydrogens (tertiary/aromatic N) is 1. The molecule has 0 saturated heterocycles. The largest absolute Gasteiger partial charge is 0.504 e. The van der Waals surface area contributed by atoms with E-state index in [-0.39, 0.29) is 16.9 Å². The highest BCUT2D eigenvalue weighted by Crippen LogP contribution is 2.35. The third kappa shape index (κ3) is 5.38. The van der Waals surface area contributed by atoms with Gasteiger partial charge in [-0.25, -0.2) is 0 Å². The van der Waals surface area contributed by atoms with Crippen LogP contribution in [0.4, 0.5) is 0 Å². The van der Waals surface area contributed by atoms with Gasteiger partial charge in [-0.1, -0.05) is 12.1 Å². The number of rotatable bonds is 6. The average Bonchev–Trinajstić information content (AvgIpc) is 3.05. The Kier molecular flexibility index (Phi) is 6.00. The topological polar surface area (TPSA) is 49.8 Å². The van der Waals surface area contributed by atoms with Crippen LogP contribution in [0.15, 0.2) is 41.3 Å². The molecule has 0 aliphatic carbocycles. The summed E-state index contributed by atoms with van der Waals surface area (Å²) in [4.78, 5) is 3.31. The van der Waals surface area contributed by atoms with Gasteiger partial charge >= 0.3 is 0 Å². The molecular weight excluding hydrogens is 394 g/mol. The smallest absolute Gasteiger partial charge is 0.161 e. The summed E-state index contributed by atoms with van der Waals surface area (Å²) >= 11 is 0. The van der Waals surface area contributed by atoms with E-state index < -0.39 is 9.52 Å². The van der Waals surface area contributed by atoms with Gasteiger partial charge in [-0.15, -0.1) is 0 Å². The lowest BCUT2D eigenvalue weighted by atomic mass is 9.93. The van der Waals surface area contributed by atoms with Crippen LogP contribution in [0.1, 0.15) is 57.7 Å². The first kappa shape index (κ1) is 22.7. The van der Waals surface area contributed by atoms with E-state index in [9.17, 15) is 9.32 Å². The van der Waals surface area contributed by atoms with Crippen LogP contribution in [0.2, 0.25) is 0 Å². The third-order valence-electron chi connectivity index (χ3n) is 5.72. The number of aryl methyl sites for hydroxylation is 1. The molecule has 0 aromatic heterocycles. The summed E-state index contributed by atoms with van der Waals surface area (Å²) in [5.41, 5.74) is 3.36. The van der Waals surface area contributed by atoms with Crippen molar-refractivity contribution in [2.45, 2.75) is 76.6 Å². The molecule has 30 heavy (non-hydrogen) atoms. The molecule has 0 spiro atoms. The lowest BCUT2D eigenvalue weighted by Gasteiger charge is -2.35. The number of phenols is 1. The molecule has 2 aromatic carbocycles. The lowest BCUT2D eigenvalue weighted by Crippen LogP contribution is -2.40. The molecule has 5 heteroatoms. The molecule has 0 bridgehead atoms. The minimum atomic E-state index is -2.20. The van der Waals surface area contributed by atoms with Crippen LogP contribution < -0.4 is 4.74 Å². The molecule has 1 atom stereocenters. The highest BCUT2D eigenvalue weighted by molar-refractivity contribution is 7.99. The number of fused-ring (bicyclic) bond motifs is 1. The summed E-state index contributed by atoms with van der Waals surface area (Å²) in [7, 11) is -2.20. The zero-order valence-electron chi connectivity index (χ0n) is 19.1. The molecule has 1 N–H and O–H groups in total. The second-order valence-corrected chi connectivity index (χ2v) is 12.6.